The van der Waals surface area contributed by atoms with Gasteiger partial charge in [-0.25, -0.2) is 4.98 Å². The Hall–Kier alpha value is -1.68. The van der Waals surface area contributed by atoms with Crippen LogP contribution >= 0.6 is 0 Å². The van der Waals surface area contributed by atoms with Crippen molar-refractivity contribution in [1.82, 2.24) is 19.9 Å². The number of hydrogen-bond donors (Lipinski definition) is 1. The lowest BCUT2D eigenvalue weighted by molar-refractivity contribution is 0.552. The van der Waals surface area contributed by atoms with Crippen molar-refractivity contribution < 1.29 is 0 Å². The van der Waals surface area contributed by atoms with Crippen LogP contribution in [0.15, 0.2) is 30.9 Å². The molecule has 0 spiro atoms. The third-order valence-electron chi connectivity index (χ3n) is 3.35. The number of hydrogen-bond acceptors (Lipinski definition) is 3. The molecule has 0 fully saturated rings. The number of pyridine rings is 1. The zero-order valence-corrected chi connectivity index (χ0v) is 11.9. The van der Waals surface area contributed by atoms with Crippen LogP contribution in [0.1, 0.15) is 43.3 Å². The Balaban J connectivity index is 2.40. The lowest BCUT2D eigenvalue weighted by Crippen LogP contribution is -2.26. The SMILES string of the molecule is CCCNC(c1ccncc1CC)c1nccn1C. The Labute approximate surface area is 114 Å². The van der Waals surface area contributed by atoms with E-state index >= 15 is 0 Å². The molecule has 0 bridgehead atoms. The Kier molecular flexibility index (Phi) is 4.68. The van der Waals surface area contributed by atoms with E-state index in [1.807, 2.05) is 31.8 Å². The molecular formula is C15H22N4. The Morgan fingerprint density at radius 1 is 1.32 bits per heavy atom. The molecule has 102 valence electrons. The van der Waals surface area contributed by atoms with Crippen molar-refractivity contribution >= 4 is 0 Å². The average molecular weight is 258 g/mol. The molecule has 2 aromatic heterocycles. The molecule has 0 saturated carbocycles. The van der Waals surface area contributed by atoms with Gasteiger partial charge in [0.1, 0.15) is 5.82 Å². The number of rotatable bonds is 6. The normalized spacial score (nSPS) is 12.6. The number of aromatic nitrogens is 3. The minimum atomic E-state index is 0.137. The van der Waals surface area contributed by atoms with Gasteiger partial charge in [0.15, 0.2) is 0 Å². The lowest BCUT2D eigenvalue weighted by atomic mass is 10.00. The Morgan fingerprint density at radius 2 is 2.16 bits per heavy atom. The van der Waals surface area contributed by atoms with Crippen molar-refractivity contribution in [2.75, 3.05) is 6.54 Å². The van der Waals surface area contributed by atoms with Crippen molar-refractivity contribution in [3.63, 3.8) is 0 Å². The maximum atomic E-state index is 4.50. The molecule has 0 aromatic carbocycles. The van der Waals surface area contributed by atoms with E-state index in [9.17, 15) is 0 Å². The molecule has 4 heteroatoms. The third kappa shape index (κ3) is 3.01. The number of imidazole rings is 1. The smallest absolute Gasteiger partial charge is 0.130 e. The first-order valence-electron chi connectivity index (χ1n) is 6.91. The summed E-state index contributed by atoms with van der Waals surface area (Å²) in [6.07, 6.45) is 9.74. The average Bonchev–Trinajstić information content (AvgIpc) is 2.86. The molecule has 0 amide bonds. The number of nitrogens with zero attached hydrogens (tertiary/aromatic N) is 3. The molecule has 2 rings (SSSR count). The van der Waals surface area contributed by atoms with Gasteiger partial charge in [-0.15, -0.1) is 0 Å². The monoisotopic (exact) mass is 258 g/mol. The van der Waals surface area contributed by atoms with E-state index in [1.165, 1.54) is 11.1 Å². The summed E-state index contributed by atoms with van der Waals surface area (Å²) in [4.78, 5) is 8.73. The summed E-state index contributed by atoms with van der Waals surface area (Å²) < 4.78 is 2.08. The summed E-state index contributed by atoms with van der Waals surface area (Å²) in [7, 11) is 2.04. The van der Waals surface area contributed by atoms with Gasteiger partial charge in [-0.2, -0.15) is 0 Å². The van der Waals surface area contributed by atoms with Crippen molar-refractivity contribution in [3.8, 4) is 0 Å². The predicted molar refractivity (Wildman–Crippen MR) is 77.0 cm³/mol. The van der Waals surface area contributed by atoms with Crippen LogP contribution in [0.5, 0.6) is 0 Å². The third-order valence-corrected chi connectivity index (χ3v) is 3.35. The molecular weight excluding hydrogens is 236 g/mol. The zero-order chi connectivity index (χ0) is 13.7. The highest BCUT2D eigenvalue weighted by Crippen LogP contribution is 2.23. The highest BCUT2D eigenvalue weighted by Gasteiger charge is 2.19. The summed E-state index contributed by atoms with van der Waals surface area (Å²) in [5, 5.41) is 3.59. The maximum absolute atomic E-state index is 4.50. The van der Waals surface area contributed by atoms with Crippen molar-refractivity contribution in [2.45, 2.75) is 32.7 Å². The molecule has 1 atom stereocenters. The zero-order valence-electron chi connectivity index (χ0n) is 11.9. The van der Waals surface area contributed by atoms with E-state index in [0.717, 1.165) is 25.2 Å². The minimum Gasteiger partial charge on any atom is -0.336 e. The van der Waals surface area contributed by atoms with Gasteiger partial charge in [0.25, 0.3) is 0 Å². The Bertz CT molecular complexity index is 518. The van der Waals surface area contributed by atoms with Gasteiger partial charge in [-0.1, -0.05) is 13.8 Å². The molecule has 0 aliphatic heterocycles. The first kappa shape index (κ1) is 13.7. The topological polar surface area (TPSA) is 42.7 Å². The van der Waals surface area contributed by atoms with Crippen LogP contribution in [0.25, 0.3) is 0 Å². The van der Waals surface area contributed by atoms with Crippen LogP contribution in [-0.4, -0.2) is 21.1 Å². The fraction of sp³-hybridized carbons (Fsp3) is 0.467. The van der Waals surface area contributed by atoms with Gasteiger partial charge in [-0.05, 0) is 36.6 Å². The molecule has 0 saturated heterocycles. The molecule has 1 unspecified atom stereocenters. The maximum Gasteiger partial charge on any atom is 0.130 e. The van der Waals surface area contributed by atoms with E-state index in [1.54, 1.807) is 0 Å². The quantitative estimate of drug-likeness (QED) is 0.865. The van der Waals surface area contributed by atoms with Gasteiger partial charge in [0.2, 0.25) is 0 Å². The second-order valence-electron chi connectivity index (χ2n) is 4.71. The van der Waals surface area contributed by atoms with Crippen LogP contribution in [0, 0.1) is 0 Å². The lowest BCUT2D eigenvalue weighted by Gasteiger charge is -2.21. The second-order valence-corrected chi connectivity index (χ2v) is 4.71. The number of aryl methyl sites for hydroxylation is 2. The summed E-state index contributed by atoms with van der Waals surface area (Å²) >= 11 is 0. The van der Waals surface area contributed by atoms with E-state index in [0.29, 0.717) is 0 Å². The molecule has 1 N–H and O–H groups in total. The van der Waals surface area contributed by atoms with Crippen LogP contribution in [0.4, 0.5) is 0 Å². The highest BCUT2D eigenvalue weighted by atomic mass is 15.1. The highest BCUT2D eigenvalue weighted by molar-refractivity contribution is 5.31. The van der Waals surface area contributed by atoms with Gasteiger partial charge in [-0.3, -0.25) is 4.98 Å². The van der Waals surface area contributed by atoms with Crippen molar-refractivity contribution in [2.24, 2.45) is 7.05 Å². The molecule has 0 radical (unpaired) electrons. The minimum absolute atomic E-state index is 0.137. The summed E-state index contributed by atoms with van der Waals surface area (Å²) in [5.74, 6) is 1.05. The first-order valence-corrected chi connectivity index (χ1v) is 6.91. The van der Waals surface area contributed by atoms with Crippen LogP contribution in [-0.2, 0) is 13.5 Å². The van der Waals surface area contributed by atoms with Gasteiger partial charge in [0, 0.05) is 31.8 Å². The van der Waals surface area contributed by atoms with Crippen molar-refractivity contribution in [3.05, 3.63) is 47.8 Å². The summed E-state index contributed by atoms with van der Waals surface area (Å²) in [6, 6.07) is 2.23. The fourth-order valence-electron chi connectivity index (χ4n) is 2.30. The molecule has 0 aliphatic carbocycles. The van der Waals surface area contributed by atoms with E-state index in [2.05, 4.69) is 39.8 Å². The molecule has 0 aliphatic rings. The molecule has 4 nitrogen and oxygen atoms in total. The predicted octanol–water partition coefficient (Wildman–Crippen LogP) is 2.47. The van der Waals surface area contributed by atoms with Gasteiger partial charge < -0.3 is 9.88 Å². The van der Waals surface area contributed by atoms with Crippen LogP contribution < -0.4 is 5.32 Å². The van der Waals surface area contributed by atoms with Gasteiger partial charge >= 0.3 is 0 Å². The first-order chi connectivity index (χ1) is 9.27. The van der Waals surface area contributed by atoms with Crippen molar-refractivity contribution in [1.29, 1.82) is 0 Å². The number of nitrogens with one attached hydrogen (secondary N) is 1. The fourth-order valence-corrected chi connectivity index (χ4v) is 2.30. The Morgan fingerprint density at radius 3 is 2.79 bits per heavy atom. The van der Waals surface area contributed by atoms with Crippen LogP contribution in [0.3, 0.4) is 0 Å². The van der Waals surface area contributed by atoms with Crippen LogP contribution in [0.2, 0.25) is 0 Å². The van der Waals surface area contributed by atoms with Gasteiger partial charge in [0.05, 0.1) is 6.04 Å². The molecule has 2 aromatic rings. The van der Waals surface area contributed by atoms with E-state index in [-0.39, 0.29) is 6.04 Å². The standard InChI is InChI=1S/C15H22N4/c1-4-7-17-14(15-18-9-10-19(15)3)13-6-8-16-11-12(13)5-2/h6,8-11,14,17H,4-5,7H2,1-3H3. The molecule has 2 heterocycles. The van der Waals surface area contributed by atoms with E-state index < -0.39 is 0 Å². The summed E-state index contributed by atoms with van der Waals surface area (Å²) in [6.45, 7) is 5.31. The van der Waals surface area contributed by atoms with E-state index in [4.69, 9.17) is 0 Å². The molecule has 19 heavy (non-hydrogen) atoms. The largest absolute Gasteiger partial charge is 0.336 e. The second kappa shape index (κ2) is 6.48. The summed E-state index contributed by atoms with van der Waals surface area (Å²) in [5.41, 5.74) is 2.55.